The fourth-order valence-electron chi connectivity index (χ4n) is 3.73. The van der Waals surface area contributed by atoms with Gasteiger partial charge in [-0.2, -0.15) is 0 Å². The molecule has 21 heavy (non-hydrogen) atoms. The smallest absolute Gasteiger partial charge is 0.0453 e. The highest BCUT2D eigenvalue weighted by molar-refractivity contribution is 6.36. The average molecular weight is 328 g/mol. The minimum absolute atomic E-state index is 0.402. The summed E-state index contributed by atoms with van der Waals surface area (Å²) in [5, 5.41) is 5.34. The lowest BCUT2D eigenvalue weighted by molar-refractivity contribution is 0.195. The van der Waals surface area contributed by atoms with E-state index < -0.39 is 0 Å². The van der Waals surface area contributed by atoms with E-state index in [1.165, 1.54) is 19.3 Å². The maximum atomic E-state index is 6.37. The third kappa shape index (κ3) is 4.15. The van der Waals surface area contributed by atoms with Crippen molar-refractivity contribution in [1.29, 1.82) is 0 Å². The van der Waals surface area contributed by atoms with Gasteiger partial charge in [-0.05, 0) is 61.3 Å². The van der Waals surface area contributed by atoms with E-state index in [9.17, 15) is 0 Å². The molecule has 0 aromatic heterocycles. The van der Waals surface area contributed by atoms with Crippen molar-refractivity contribution in [2.75, 3.05) is 6.54 Å². The molecule has 1 fully saturated rings. The summed E-state index contributed by atoms with van der Waals surface area (Å²) in [6.45, 7) is 8.07. The van der Waals surface area contributed by atoms with E-state index in [4.69, 9.17) is 23.2 Å². The molecule has 1 aliphatic carbocycles. The lowest BCUT2D eigenvalue weighted by atomic mass is 9.76. The van der Waals surface area contributed by atoms with Gasteiger partial charge < -0.3 is 5.32 Å². The van der Waals surface area contributed by atoms with Crippen LogP contribution in [0.2, 0.25) is 10.0 Å². The lowest BCUT2D eigenvalue weighted by Gasteiger charge is -2.35. The van der Waals surface area contributed by atoms with E-state index in [0.29, 0.717) is 17.4 Å². The number of rotatable bonds is 6. The van der Waals surface area contributed by atoms with Crippen molar-refractivity contribution in [3.63, 3.8) is 0 Å². The topological polar surface area (TPSA) is 12.0 Å². The Kier molecular flexibility index (Phi) is 5.99. The molecule has 1 N–H and O–H groups in total. The van der Waals surface area contributed by atoms with Crippen LogP contribution >= 0.6 is 23.2 Å². The van der Waals surface area contributed by atoms with Gasteiger partial charge in [0.15, 0.2) is 0 Å². The Hall–Kier alpha value is -0.240. The average Bonchev–Trinajstić information content (AvgIpc) is 2.77. The zero-order valence-corrected chi connectivity index (χ0v) is 14.9. The van der Waals surface area contributed by atoms with Crippen molar-refractivity contribution in [1.82, 2.24) is 5.32 Å². The van der Waals surface area contributed by atoms with Gasteiger partial charge in [-0.25, -0.2) is 0 Å². The van der Waals surface area contributed by atoms with Crippen LogP contribution in [0, 0.1) is 11.3 Å². The van der Waals surface area contributed by atoms with E-state index in [0.717, 1.165) is 35.0 Å². The molecule has 118 valence electrons. The summed E-state index contributed by atoms with van der Waals surface area (Å²) in [6, 6.07) is 6.26. The standard InChI is InChI=1S/C18H27Cl2N/c1-4-11-21-17(14-7-6-10-18(14,2)3)12-13-15(19)8-5-9-16(13)20/h5,8-9,14,17,21H,4,6-7,10-12H2,1-3H3. The van der Waals surface area contributed by atoms with Crippen LogP contribution in [0.1, 0.15) is 52.0 Å². The van der Waals surface area contributed by atoms with Gasteiger partial charge in [0.1, 0.15) is 0 Å². The number of nitrogens with one attached hydrogen (secondary N) is 1. The van der Waals surface area contributed by atoms with Gasteiger partial charge >= 0.3 is 0 Å². The highest BCUT2D eigenvalue weighted by Gasteiger charge is 2.39. The Balaban J connectivity index is 2.20. The van der Waals surface area contributed by atoms with Crippen molar-refractivity contribution < 1.29 is 0 Å². The third-order valence-corrected chi connectivity index (χ3v) is 5.68. The molecule has 0 saturated heterocycles. The SMILES string of the molecule is CCCNC(Cc1c(Cl)cccc1Cl)C1CCCC1(C)C. The largest absolute Gasteiger partial charge is 0.313 e. The number of hydrogen-bond donors (Lipinski definition) is 1. The molecular weight excluding hydrogens is 301 g/mol. The quantitative estimate of drug-likeness (QED) is 0.703. The number of hydrogen-bond acceptors (Lipinski definition) is 1. The molecule has 1 aromatic carbocycles. The molecule has 2 atom stereocenters. The predicted octanol–water partition coefficient (Wildman–Crippen LogP) is 5.73. The summed E-state index contributed by atoms with van der Waals surface area (Å²) in [5.41, 5.74) is 1.50. The van der Waals surface area contributed by atoms with E-state index in [2.05, 4.69) is 26.1 Å². The van der Waals surface area contributed by atoms with Crippen molar-refractivity contribution in [3.8, 4) is 0 Å². The maximum Gasteiger partial charge on any atom is 0.0453 e. The zero-order chi connectivity index (χ0) is 15.5. The minimum Gasteiger partial charge on any atom is -0.313 e. The molecule has 1 saturated carbocycles. The van der Waals surface area contributed by atoms with Gasteiger partial charge in [-0.1, -0.05) is 56.5 Å². The number of benzene rings is 1. The molecule has 0 aliphatic heterocycles. The third-order valence-electron chi connectivity index (χ3n) is 4.97. The second kappa shape index (κ2) is 7.35. The zero-order valence-electron chi connectivity index (χ0n) is 13.4. The summed E-state index contributed by atoms with van der Waals surface area (Å²) in [6.07, 6.45) is 6.03. The number of halogens is 2. The highest BCUT2D eigenvalue weighted by Crippen LogP contribution is 2.45. The summed E-state index contributed by atoms with van der Waals surface area (Å²) in [7, 11) is 0. The Morgan fingerprint density at radius 2 is 1.95 bits per heavy atom. The van der Waals surface area contributed by atoms with Gasteiger partial charge in [-0.15, -0.1) is 0 Å². The van der Waals surface area contributed by atoms with Gasteiger partial charge in [0.2, 0.25) is 0 Å². The Labute approximate surface area is 139 Å². The molecule has 0 heterocycles. The molecule has 0 bridgehead atoms. The second-order valence-electron chi connectivity index (χ2n) is 6.95. The highest BCUT2D eigenvalue weighted by atomic mass is 35.5. The van der Waals surface area contributed by atoms with Crippen LogP contribution in [0.15, 0.2) is 18.2 Å². The summed E-state index contributed by atoms with van der Waals surface area (Å²) < 4.78 is 0. The molecular formula is C18H27Cl2N. The molecule has 2 rings (SSSR count). The molecule has 0 spiro atoms. The molecule has 2 unspecified atom stereocenters. The Morgan fingerprint density at radius 1 is 1.29 bits per heavy atom. The molecule has 0 radical (unpaired) electrons. The molecule has 1 aromatic rings. The molecule has 1 nitrogen and oxygen atoms in total. The van der Waals surface area contributed by atoms with E-state index in [-0.39, 0.29) is 0 Å². The van der Waals surface area contributed by atoms with Crippen LogP contribution in [0.25, 0.3) is 0 Å². The van der Waals surface area contributed by atoms with Gasteiger partial charge in [0, 0.05) is 16.1 Å². The van der Waals surface area contributed by atoms with Crippen molar-refractivity contribution in [2.45, 2.75) is 58.9 Å². The van der Waals surface area contributed by atoms with Crippen LogP contribution in [0.4, 0.5) is 0 Å². The first-order valence-electron chi connectivity index (χ1n) is 8.12. The lowest BCUT2D eigenvalue weighted by Crippen LogP contribution is -2.42. The van der Waals surface area contributed by atoms with Gasteiger partial charge in [0.25, 0.3) is 0 Å². The van der Waals surface area contributed by atoms with Gasteiger partial charge in [-0.3, -0.25) is 0 Å². The summed E-state index contributed by atoms with van der Waals surface area (Å²) in [5.74, 6) is 0.691. The van der Waals surface area contributed by atoms with E-state index >= 15 is 0 Å². The van der Waals surface area contributed by atoms with Crippen LogP contribution in [0.5, 0.6) is 0 Å². The van der Waals surface area contributed by atoms with Crippen molar-refractivity contribution in [3.05, 3.63) is 33.8 Å². The van der Waals surface area contributed by atoms with Crippen LogP contribution in [-0.2, 0) is 6.42 Å². The molecule has 1 aliphatic rings. The van der Waals surface area contributed by atoms with Crippen LogP contribution in [-0.4, -0.2) is 12.6 Å². The van der Waals surface area contributed by atoms with Gasteiger partial charge in [0.05, 0.1) is 0 Å². The maximum absolute atomic E-state index is 6.37. The van der Waals surface area contributed by atoms with Crippen LogP contribution in [0.3, 0.4) is 0 Å². The molecule has 0 amide bonds. The van der Waals surface area contributed by atoms with E-state index in [1.54, 1.807) is 0 Å². The Morgan fingerprint density at radius 3 is 2.48 bits per heavy atom. The minimum atomic E-state index is 0.402. The second-order valence-corrected chi connectivity index (χ2v) is 7.77. The van der Waals surface area contributed by atoms with Crippen LogP contribution < -0.4 is 5.32 Å². The first-order chi connectivity index (χ1) is 9.95. The summed E-state index contributed by atoms with van der Waals surface area (Å²) >= 11 is 12.7. The first kappa shape index (κ1) is 17.1. The monoisotopic (exact) mass is 327 g/mol. The normalized spacial score (nSPS) is 22.4. The molecule has 3 heteroatoms. The van der Waals surface area contributed by atoms with Crippen molar-refractivity contribution >= 4 is 23.2 Å². The first-order valence-corrected chi connectivity index (χ1v) is 8.87. The Bertz CT molecular complexity index is 450. The van der Waals surface area contributed by atoms with E-state index in [1.807, 2.05) is 18.2 Å². The summed E-state index contributed by atoms with van der Waals surface area (Å²) in [4.78, 5) is 0. The fraction of sp³-hybridized carbons (Fsp3) is 0.667. The predicted molar refractivity (Wildman–Crippen MR) is 93.4 cm³/mol. The fourth-order valence-corrected chi connectivity index (χ4v) is 4.28. The van der Waals surface area contributed by atoms with Crippen molar-refractivity contribution in [2.24, 2.45) is 11.3 Å².